The van der Waals surface area contributed by atoms with Crippen molar-refractivity contribution in [1.29, 1.82) is 0 Å². The Morgan fingerprint density at radius 3 is 2.46 bits per heavy atom. The van der Waals surface area contributed by atoms with Gasteiger partial charge in [0.15, 0.2) is 0 Å². The minimum Gasteiger partial charge on any atom is -0.346 e. The predicted octanol–water partition coefficient (Wildman–Crippen LogP) is 1.45. The SMILES string of the molecule is CC(=O)N(C)C1CCN(CC(=O)NCC(=O)Nc2ccccc2Br)CC1. The second-order valence-electron chi connectivity index (χ2n) is 6.44. The Bertz CT molecular complexity index is 660. The van der Waals surface area contributed by atoms with Gasteiger partial charge in [-0.3, -0.25) is 19.3 Å². The number of anilines is 1. The minimum atomic E-state index is -0.271. The number of nitrogens with zero attached hydrogens (tertiary/aromatic N) is 2. The smallest absolute Gasteiger partial charge is 0.243 e. The molecule has 0 aliphatic carbocycles. The van der Waals surface area contributed by atoms with E-state index in [2.05, 4.69) is 26.6 Å². The summed E-state index contributed by atoms with van der Waals surface area (Å²) < 4.78 is 0.790. The Hall–Kier alpha value is -1.93. The zero-order valence-corrected chi connectivity index (χ0v) is 16.7. The average Bonchev–Trinajstić information content (AvgIpc) is 2.62. The van der Waals surface area contributed by atoms with E-state index in [4.69, 9.17) is 0 Å². The maximum Gasteiger partial charge on any atom is 0.243 e. The summed E-state index contributed by atoms with van der Waals surface area (Å²) in [6.07, 6.45) is 1.71. The normalized spacial score (nSPS) is 15.3. The lowest BCUT2D eigenvalue weighted by molar-refractivity contribution is -0.131. The molecule has 0 atom stereocenters. The number of para-hydroxylation sites is 1. The van der Waals surface area contributed by atoms with Gasteiger partial charge < -0.3 is 15.5 Å². The number of hydrogen-bond acceptors (Lipinski definition) is 4. The number of rotatable bonds is 6. The van der Waals surface area contributed by atoms with Crippen LogP contribution in [-0.4, -0.2) is 66.8 Å². The summed E-state index contributed by atoms with van der Waals surface area (Å²) in [4.78, 5) is 39.2. The molecule has 3 amide bonds. The molecule has 8 heteroatoms. The van der Waals surface area contributed by atoms with Gasteiger partial charge in [-0.05, 0) is 40.9 Å². The fourth-order valence-electron chi connectivity index (χ4n) is 2.92. The van der Waals surface area contributed by atoms with Crippen LogP contribution in [0.1, 0.15) is 19.8 Å². The Morgan fingerprint density at radius 2 is 1.85 bits per heavy atom. The maximum absolute atomic E-state index is 12.1. The quantitative estimate of drug-likeness (QED) is 0.723. The van der Waals surface area contributed by atoms with Crippen molar-refractivity contribution in [3.05, 3.63) is 28.7 Å². The van der Waals surface area contributed by atoms with E-state index in [0.29, 0.717) is 5.69 Å². The van der Waals surface area contributed by atoms with Crippen LogP contribution in [0.2, 0.25) is 0 Å². The van der Waals surface area contributed by atoms with Gasteiger partial charge in [0.2, 0.25) is 17.7 Å². The van der Waals surface area contributed by atoms with Gasteiger partial charge in [0.25, 0.3) is 0 Å². The molecule has 0 unspecified atom stereocenters. The van der Waals surface area contributed by atoms with Crippen molar-refractivity contribution in [2.24, 2.45) is 0 Å². The molecule has 142 valence electrons. The Kier molecular flexibility index (Phi) is 7.59. The van der Waals surface area contributed by atoms with Crippen LogP contribution >= 0.6 is 15.9 Å². The lowest BCUT2D eigenvalue weighted by Crippen LogP contribution is -2.48. The van der Waals surface area contributed by atoms with Crippen LogP contribution in [-0.2, 0) is 14.4 Å². The van der Waals surface area contributed by atoms with Crippen molar-refractivity contribution >= 4 is 39.3 Å². The highest BCUT2D eigenvalue weighted by Gasteiger charge is 2.24. The number of carbonyl (C=O) groups is 3. The first-order chi connectivity index (χ1) is 12.4. The van der Waals surface area contributed by atoms with Gasteiger partial charge in [0.1, 0.15) is 0 Å². The van der Waals surface area contributed by atoms with Crippen LogP contribution in [0.25, 0.3) is 0 Å². The van der Waals surface area contributed by atoms with Crippen LogP contribution in [0.5, 0.6) is 0 Å². The highest BCUT2D eigenvalue weighted by atomic mass is 79.9. The number of benzene rings is 1. The van der Waals surface area contributed by atoms with E-state index in [1.807, 2.05) is 30.1 Å². The van der Waals surface area contributed by atoms with E-state index in [1.54, 1.807) is 17.9 Å². The molecule has 1 aromatic rings. The molecule has 1 aliphatic heterocycles. The summed E-state index contributed by atoms with van der Waals surface area (Å²) >= 11 is 3.36. The lowest BCUT2D eigenvalue weighted by atomic mass is 10.0. The first-order valence-electron chi connectivity index (χ1n) is 8.63. The highest BCUT2D eigenvalue weighted by molar-refractivity contribution is 9.10. The van der Waals surface area contributed by atoms with Crippen LogP contribution in [0, 0.1) is 0 Å². The van der Waals surface area contributed by atoms with Gasteiger partial charge in [-0.15, -0.1) is 0 Å². The molecule has 26 heavy (non-hydrogen) atoms. The highest BCUT2D eigenvalue weighted by Crippen LogP contribution is 2.20. The van der Waals surface area contributed by atoms with Gasteiger partial charge in [0, 0.05) is 37.6 Å². The summed E-state index contributed by atoms with van der Waals surface area (Å²) in [6, 6.07) is 7.54. The molecule has 1 heterocycles. The molecular formula is C18H25BrN4O3. The molecule has 7 nitrogen and oxygen atoms in total. The van der Waals surface area contributed by atoms with Crippen molar-refractivity contribution in [2.45, 2.75) is 25.8 Å². The number of carbonyl (C=O) groups excluding carboxylic acids is 3. The van der Waals surface area contributed by atoms with Crippen LogP contribution < -0.4 is 10.6 Å². The molecule has 0 aromatic heterocycles. The number of piperidine rings is 1. The average molecular weight is 425 g/mol. The second kappa shape index (κ2) is 9.68. The molecule has 1 fully saturated rings. The van der Waals surface area contributed by atoms with Crippen molar-refractivity contribution in [2.75, 3.05) is 38.5 Å². The van der Waals surface area contributed by atoms with Gasteiger partial charge in [-0.2, -0.15) is 0 Å². The first kappa shape index (κ1) is 20.4. The van der Waals surface area contributed by atoms with Crippen LogP contribution in [0.4, 0.5) is 5.69 Å². The van der Waals surface area contributed by atoms with Crippen molar-refractivity contribution < 1.29 is 14.4 Å². The van der Waals surface area contributed by atoms with E-state index in [-0.39, 0.29) is 36.9 Å². The molecule has 1 aromatic carbocycles. The number of hydrogen-bond donors (Lipinski definition) is 2. The number of nitrogens with one attached hydrogen (secondary N) is 2. The number of halogens is 1. The summed E-state index contributed by atoms with van der Waals surface area (Å²) in [6.45, 7) is 3.29. The van der Waals surface area contributed by atoms with E-state index < -0.39 is 0 Å². The first-order valence-corrected chi connectivity index (χ1v) is 9.43. The third kappa shape index (κ3) is 6.10. The standard InChI is InChI=1S/C18H25BrN4O3/c1-13(24)22(2)14-7-9-23(10-8-14)12-18(26)20-11-17(25)21-16-6-4-3-5-15(16)19/h3-6,14H,7-12H2,1-2H3,(H,20,26)(H,21,25). The second-order valence-corrected chi connectivity index (χ2v) is 7.30. The molecule has 0 bridgehead atoms. The van der Waals surface area contributed by atoms with Gasteiger partial charge >= 0.3 is 0 Å². The fourth-order valence-corrected chi connectivity index (χ4v) is 3.30. The van der Waals surface area contributed by atoms with Gasteiger partial charge in [-0.1, -0.05) is 12.1 Å². The third-order valence-corrected chi connectivity index (χ3v) is 5.25. The molecule has 0 radical (unpaired) electrons. The topological polar surface area (TPSA) is 81.8 Å². The van der Waals surface area contributed by atoms with E-state index in [9.17, 15) is 14.4 Å². The van der Waals surface area contributed by atoms with Gasteiger partial charge in [-0.25, -0.2) is 0 Å². The summed E-state index contributed by atoms with van der Waals surface area (Å²) in [5.41, 5.74) is 0.670. The monoisotopic (exact) mass is 424 g/mol. The Morgan fingerprint density at radius 1 is 1.19 bits per heavy atom. The Labute approximate surface area is 162 Å². The molecule has 0 saturated carbocycles. The number of likely N-dealkylation sites (tertiary alicyclic amines) is 1. The molecule has 0 spiro atoms. The molecule has 2 N–H and O–H groups in total. The molecule has 2 rings (SSSR count). The fraction of sp³-hybridized carbons (Fsp3) is 0.500. The van der Waals surface area contributed by atoms with Crippen molar-refractivity contribution in [3.63, 3.8) is 0 Å². The summed E-state index contributed by atoms with van der Waals surface area (Å²) in [5.74, 6) is -0.380. The Balaban J connectivity index is 1.69. The van der Waals surface area contributed by atoms with Crippen LogP contribution in [0.3, 0.4) is 0 Å². The largest absolute Gasteiger partial charge is 0.346 e. The van der Waals surface area contributed by atoms with Crippen molar-refractivity contribution in [1.82, 2.24) is 15.1 Å². The third-order valence-electron chi connectivity index (χ3n) is 4.56. The molecule has 1 aliphatic rings. The van der Waals surface area contributed by atoms with E-state index in [1.165, 1.54) is 0 Å². The lowest BCUT2D eigenvalue weighted by Gasteiger charge is -2.36. The minimum absolute atomic E-state index is 0.0658. The summed E-state index contributed by atoms with van der Waals surface area (Å²) in [7, 11) is 1.82. The summed E-state index contributed by atoms with van der Waals surface area (Å²) in [5, 5.41) is 5.40. The zero-order chi connectivity index (χ0) is 19.1. The van der Waals surface area contributed by atoms with E-state index in [0.717, 1.165) is 30.4 Å². The van der Waals surface area contributed by atoms with E-state index >= 15 is 0 Å². The van der Waals surface area contributed by atoms with Crippen molar-refractivity contribution in [3.8, 4) is 0 Å². The van der Waals surface area contributed by atoms with Gasteiger partial charge in [0.05, 0.1) is 18.8 Å². The predicted molar refractivity (Wildman–Crippen MR) is 104 cm³/mol. The zero-order valence-electron chi connectivity index (χ0n) is 15.1. The van der Waals surface area contributed by atoms with Crippen LogP contribution in [0.15, 0.2) is 28.7 Å². The number of amides is 3. The maximum atomic E-state index is 12.1. The molecule has 1 saturated heterocycles. The molecular weight excluding hydrogens is 400 g/mol.